The number of ether oxygens (including phenoxy) is 1. The Morgan fingerprint density at radius 2 is 2.21 bits per heavy atom. The molecule has 0 aromatic heterocycles. The van der Waals surface area contributed by atoms with Gasteiger partial charge in [0.1, 0.15) is 5.75 Å². The summed E-state index contributed by atoms with van der Waals surface area (Å²) in [6, 6.07) is 5.85. The lowest BCUT2D eigenvalue weighted by atomic mass is 10.1. The van der Waals surface area contributed by atoms with E-state index in [1.165, 1.54) is 12.8 Å². The van der Waals surface area contributed by atoms with Gasteiger partial charge in [-0.1, -0.05) is 6.07 Å². The zero-order valence-electron chi connectivity index (χ0n) is 8.49. The van der Waals surface area contributed by atoms with E-state index in [2.05, 4.69) is 0 Å². The topological polar surface area (TPSA) is 29.5 Å². The third kappa shape index (κ3) is 2.26. The van der Waals surface area contributed by atoms with Crippen LogP contribution < -0.4 is 4.74 Å². The minimum atomic E-state index is 0.106. The van der Waals surface area contributed by atoms with Crippen LogP contribution in [0, 0.1) is 12.8 Å². The van der Waals surface area contributed by atoms with Gasteiger partial charge in [0.05, 0.1) is 13.2 Å². The van der Waals surface area contributed by atoms with Crippen LogP contribution in [0.15, 0.2) is 18.2 Å². The van der Waals surface area contributed by atoms with Crippen molar-refractivity contribution >= 4 is 0 Å². The molecule has 2 nitrogen and oxygen atoms in total. The molecule has 1 saturated carbocycles. The molecular formula is C12H16O2. The lowest BCUT2D eigenvalue weighted by Crippen LogP contribution is -1.99. The van der Waals surface area contributed by atoms with E-state index < -0.39 is 0 Å². The first-order valence-electron chi connectivity index (χ1n) is 5.13. The van der Waals surface area contributed by atoms with E-state index in [1.54, 1.807) is 0 Å². The second-order valence-corrected chi connectivity index (χ2v) is 4.00. The van der Waals surface area contributed by atoms with Gasteiger partial charge in [0, 0.05) is 0 Å². The van der Waals surface area contributed by atoms with Gasteiger partial charge >= 0.3 is 0 Å². The van der Waals surface area contributed by atoms with Gasteiger partial charge in [0.2, 0.25) is 0 Å². The molecule has 2 heteroatoms. The molecule has 1 aromatic carbocycles. The summed E-state index contributed by atoms with van der Waals surface area (Å²) < 4.78 is 5.63. The maximum Gasteiger partial charge on any atom is 0.119 e. The van der Waals surface area contributed by atoms with Gasteiger partial charge in [-0.15, -0.1) is 0 Å². The maximum atomic E-state index is 9.00. The van der Waals surface area contributed by atoms with Gasteiger partial charge < -0.3 is 9.84 Å². The first-order valence-corrected chi connectivity index (χ1v) is 5.13. The second-order valence-electron chi connectivity index (χ2n) is 4.00. The van der Waals surface area contributed by atoms with E-state index in [0.29, 0.717) is 0 Å². The van der Waals surface area contributed by atoms with Gasteiger partial charge in [-0.05, 0) is 48.9 Å². The lowest BCUT2D eigenvalue weighted by molar-refractivity contribution is 0.279. The van der Waals surface area contributed by atoms with Crippen molar-refractivity contribution < 1.29 is 9.84 Å². The van der Waals surface area contributed by atoms with Crippen LogP contribution in [0.25, 0.3) is 0 Å². The highest BCUT2D eigenvalue weighted by atomic mass is 16.5. The molecule has 0 spiro atoms. The van der Waals surface area contributed by atoms with Crippen molar-refractivity contribution in [1.82, 2.24) is 0 Å². The van der Waals surface area contributed by atoms with Crippen LogP contribution in [0.2, 0.25) is 0 Å². The van der Waals surface area contributed by atoms with E-state index in [9.17, 15) is 0 Å². The highest BCUT2D eigenvalue weighted by Gasteiger charge is 2.21. The molecule has 0 unspecified atom stereocenters. The van der Waals surface area contributed by atoms with Gasteiger partial charge in [-0.3, -0.25) is 0 Å². The summed E-state index contributed by atoms with van der Waals surface area (Å²) >= 11 is 0. The fourth-order valence-corrected chi connectivity index (χ4v) is 1.43. The Kier molecular flexibility index (Phi) is 2.73. The molecular weight excluding hydrogens is 176 g/mol. The number of hydrogen-bond acceptors (Lipinski definition) is 2. The third-order valence-electron chi connectivity index (χ3n) is 2.67. The quantitative estimate of drug-likeness (QED) is 0.793. The lowest BCUT2D eigenvalue weighted by Gasteiger charge is -2.08. The predicted molar refractivity (Wildman–Crippen MR) is 55.3 cm³/mol. The molecule has 1 N–H and O–H groups in total. The first kappa shape index (κ1) is 9.53. The summed E-state index contributed by atoms with van der Waals surface area (Å²) in [5.74, 6) is 1.71. The van der Waals surface area contributed by atoms with Crippen molar-refractivity contribution in [2.75, 3.05) is 6.61 Å². The number of rotatable bonds is 4. The summed E-state index contributed by atoms with van der Waals surface area (Å²) in [5, 5.41) is 9.00. The van der Waals surface area contributed by atoms with Crippen molar-refractivity contribution in [2.24, 2.45) is 5.92 Å². The Morgan fingerprint density at radius 1 is 1.43 bits per heavy atom. The smallest absolute Gasteiger partial charge is 0.119 e. The number of aliphatic hydroxyl groups excluding tert-OH is 1. The number of benzene rings is 1. The minimum Gasteiger partial charge on any atom is -0.493 e. The fourth-order valence-electron chi connectivity index (χ4n) is 1.43. The van der Waals surface area contributed by atoms with Crippen LogP contribution in [-0.2, 0) is 6.61 Å². The molecule has 14 heavy (non-hydrogen) atoms. The molecule has 0 radical (unpaired) electrons. The molecule has 2 rings (SSSR count). The zero-order valence-corrected chi connectivity index (χ0v) is 8.49. The van der Waals surface area contributed by atoms with Gasteiger partial charge in [0.15, 0.2) is 0 Å². The van der Waals surface area contributed by atoms with E-state index in [0.717, 1.165) is 29.4 Å². The molecule has 0 heterocycles. The zero-order chi connectivity index (χ0) is 9.97. The Bertz CT molecular complexity index is 316. The molecule has 0 atom stereocenters. The van der Waals surface area contributed by atoms with Crippen LogP contribution >= 0.6 is 0 Å². The maximum absolute atomic E-state index is 9.00. The predicted octanol–water partition coefficient (Wildman–Crippen LogP) is 2.28. The minimum absolute atomic E-state index is 0.106. The fraction of sp³-hybridized carbons (Fsp3) is 0.500. The standard InChI is InChI=1S/C12H16O2/c1-9-6-12(5-4-11(9)7-13)14-8-10-2-3-10/h4-6,10,13H,2-3,7-8H2,1H3. The Hall–Kier alpha value is -1.02. The second kappa shape index (κ2) is 4.01. The Labute approximate surface area is 84.5 Å². The molecule has 0 amide bonds. The average molecular weight is 192 g/mol. The van der Waals surface area contributed by atoms with Gasteiger partial charge in [0.25, 0.3) is 0 Å². The van der Waals surface area contributed by atoms with Crippen molar-refractivity contribution in [3.05, 3.63) is 29.3 Å². The summed E-state index contributed by atoms with van der Waals surface area (Å²) in [7, 11) is 0. The molecule has 76 valence electrons. The average Bonchev–Trinajstić information content (AvgIpc) is 2.98. The van der Waals surface area contributed by atoms with Crippen LogP contribution in [0.1, 0.15) is 24.0 Å². The third-order valence-corrected chi connectivity index (χ3v) is 2.67. The largest absolute Gasteiger partial charge is 0.493 e. The van der Waals surface area contributed by atoms with Crippen molar-refractivity contribution in [3.8, 4) is 5.75 Å². The first-order chi connectivity index (χ1) is 6.79. The Balaban J connectivity index is 1.99. The van der Waals surface area contributed by atoms with E-state index in [1.807, 2.05) is 25.1 Å². The van der Waals surface area contributed by atoms with Crippen LogP contribution in [0.4, 0.5) is 0 Å². The molecule has 0 bridgehead atoms. The Morgan fingerprint density at radius 3 is 2.79 bits per heavy atom. The highest BCUT2D eigenvalue weighted by molar-refractivity contribution is 5.34. The normalized spacial score (nSPS) is 15.6. The number of aryl methyl sites for hydroxylation is 1. The molecule has 1 fully saturated rings. The monoisotopic (exact) mass is 192 g/mol. The van der Waals surface area contributed by atoms with Crippen molar-refractivity contribution in [2.45, 2.75) is 26.4 Å². The number of hydrogen-bond donors (Lipinski definition) is 1. The van der Waals surface area contributed by atoms with Crippen LogP contribution in [0.3, 0.4) is 0 Å². The van der Waals surface area contributed by atoms with Crippen molar-refractivity contribution in [1.29, 1.82) is 0 Å². The van der Waals surface area contributed by atoms with E-state index in [4.69, 9.17) is 9.84 Å². The summed E-state index contributed by atoms with van der Waals surface area (Å²) in [6.07, 6.45) is 2.63. The molecule has 1 aromatic rings. The van der Waals surface area contributed by atoms with Gasteiger partial charge in [-0.25, -0.2) is 0 Å². The van der Waals surface area contributed by atoms with Crippen LogP contribution in [0.5, 0.6) is 5.75 Å². The van der Waals surface area contributed by atoms with Gasteiger partial charge in [-0.2, -0.15) is 0 Å². The summed E-state index contributed by atoms with van der Waals surface area (Å²) in [4.78, 5) is 0. The van der Waals surface area contributed by atoms with Crippen LogP contribution in [-0.4, -0.2) is 11.7 Å². The number of aliphatic hydroxyl groups is 1. The highest BCUT2D eigenvalue weighted by Crippen LogP contribution is 2.29. The summed E-state index contributed by atoms with van der Waals surface area (Å²) in [5.41, 5.74) is 2.07. The molecule has 0 saturated heterocycles. The molecule has 1 aliphatic carbocycles. The van der Waals surface area contributed by atoms with E-state index >= 15 is 0 Å². The molecule has 0 aliphatic heterocycles. The molecule has 1 aliphatic rings. The van der Waals surface area contributed by atoms with Crippen molar-refractivity contribution in [3.63, 3.8) is 0 Å². The summed E-state index contributed by atoms with van der Waals surface area (Å²) in [6.45, 7) is 2.95. The van der Waals surface area contributed by atoms with E-state index in [-0.39, 0.29) is 6.61 Å². The SMILES string of the molecule is Cc1cc(OCC2CC2)ccc1CO.